The van der Waals surface area contributed by atoms with Crippen LogP contribution in [0.25, 0.3) is 0 Å². The van der Waals surface area contributed by atoms with Crippen LogP contribution in [0.1, 0.15) is 99.3 Å². The van der Waals surface area contributed by atoms with E-state index in [0.29, 0.717) is 16.7 Å². The molecule has 170 valence electrons. The fourth-order valence-electron chi connectivity index (χ4n) is 8.83. The van der Waals surface area contributed by atoms with E-state index in [1.807, 2.05) is 0 Å². The predicted molar refractivity (Wildman–Crippen MR) is 128 cm³/mol. The molecule has 1 nitrogen and oxygen atoms in total. The maximum Gasteiger partial charge on any atom is 0.0577 e. The van der Waals surface area contributed by atoms with E-state index in [1.165, 1.54) is 44.9 Å². The Morgan fingerprint density at radius 2 is 1.80 bits per heavy atom. The van der Waals surface area contributed by atoms with E-state index in [2.05, 4.69) is 59.8 Å². The lowest BCUT2D eigenvalue weighted by Crippen LogP contribution is -2.50. The summed E-state index contributed by atoms with van der Waals surface area (Å²) >= 11 is 0. The van der Waals surface area contributed by atoms with Crippen molar-refractivity contribution in [3.63, 3.8) is 0 Å². The largest absolute Gasteiger partial charge is 0.393 e. The quantitative estimate of drug-likeness (QED) is 0.457. The molecule has 0 saturated heterocycles. The van der Waals surface area contributed by atoms with Gasteiger partial charge in [0.25, 0.3) is 0 Å². The van der Waals surface area contributed by atoms with Gasteiger partial charge in [0, 0.05) is 0 Å². The van der Waals surface area contributed by atoms with E-state index in [0.717, 1.165) is 48.3 Å². The summed E-state index contributed by atoms with van der Waals surface area (Å²) in [5, 5.41) is 10.2. The van der Waals surface area contributed by atoms with Crippen molar-refractivity contribution in [2.75, 3.05) is 0 Å². The monoisotopic (exact) mass is 412 g/mol. The van der Waals surface area contributed by atoms with Crippen molar-refractivity contribution in [3.05, 3.63) is 23.8 Å². The molecule has 1 heteroatoms. The highest BCUT2D eigenvalue weighted by Crippen LogP contribution is 2.67. The van der Waals surface area contributed by atoms with Gasteiger partial charge < -0.3 is 5.11 Å². The first kappa shape index (κ1) is 22.6. The molecule has 0 aromatic heterocycles. The van der Waals surface area contributed by atoms with Crippen molar-refractivity contribution >= 4 is 0 Å². The first-order valence-corrected chi connectivity index (χ1v) is 13.3. The molecule has 3 saturated carbocycles. The van der Waals surface area contributed by atoms with Crippen LogP contribution >= 0.6 is 0 Å². The third kappa shape index (κ3) is 3.66. The van der Waals surface area contributed by atoms with Gasteiger partial charge in [0.05, 0.1) is 6.10 Å². The molecule has 0 radical (unpaired) electrons. The average molecular weight is 413 g/mol. The molecule has 4 aliphatic rings. The summed E-state index contributed by atoms with van der Waals surface area (Å²) in [6.45, 7) is 14.8. The predicted octanol–water partition coefficient (Wildman–Crippen LogP) is 7.80. The molecule has 4 aliphatic carbocycles. The van der Waals surface area contributed by atoms with Gasteiger partial charge in [-0.15, -0.1) is 0 Å². The van der Waals surface area contributed by atoms with E-state index in [1.54, 1.807) is 5.57 Å². The maximum absolute atomic E-state index is 10.2. The Labute approximate surface area is 186 Å². The lowest BCUT2D eigenvalue weighted by Gasteiger charge is -2.58. The number of hydrogen-bond donors (Lipinski definition) is 1. The molecule has 0 bridgehead atoms. The number of allylic oxidation sites excluding steroid dienone is 3. The minimum Gasteiger partial charge on any atom is -0.393 e. The zero-order valence-corrected chi connectivity index (χ0v) is 20.7. The van der Waals surface area contributed by atoms with Crippen molar-refractivity contribution < 1.29 is 5.11 Å². The van der Waals surface area contributed by atoms with Gasteiger partial charge in [0.2, 0.25) is 0 Å². The Bertz CT molecular complexity index is 674. The second kappa shape index (κ2) is 8.42. The van der Waals surface area contributed by atoms with E-state index in [9.17, 15) is 5.11 Å². The van der Waals surface area contributed by atoms with Gasteiger partial charge in [-0.05, 0) is 110 Å². The highest BCUT2D eigenvalue weighted by atomic mass is 16.3. The highest BCUT2D eigenvalue weighted by molar-refractivity contribution is 5.25. The van der Waals surface area contributed by atoms with Crippen molar-refractivity contribution in [1.29, 1.82) is 0 Å². The van der Waals surface area contributed by atoms with Crippen LogP contribution in [0.15, 0.2) is 23.8 Å². The number of aliphatic hydroxyl groups is 1. The van der Waals surface area contributed by atoms with Crippen LogP contribution in [0.4, 0.5) is 0 Å². The average Bonchev–Trinajstić information content (AvgIpc) is 3.06. The summed E-state index contributed by atoms with van der Waals surface area (Å²) in [5.74, 6) is 5.70. The Balaban J connectivity index is 1.52. The Morgan fingerprint density at radius 3 is 2.50 bits per heavy atom. The molecule has 4 rings (SSSR count). The molecule has 0 amide bonds. The number of fused-ring (bicyclic) bond motifs is 5. The van der Waals surface area contributed by atoms with Crippen LogP contribution < -0.4 is 0 Å². The van der Waals surface area contributed by atoms with Crippen LogP contribution in [0.2, 0.25) is 0 Å². The minimum atomic E-state index is -0.0870. The van der Waals surface area contributed by atoms with Crippen LogP contribution in [0, 0.1) is 52.3 Å². The zero-order valence-electron chi connectivity index (χ0n) is 20.7. The Hall–Kier alpha value is -0.560. The van der Waals surface area contributed by atoms with Gasteiger partial charge in [-0.3, -0.25) is 0 Å². The minimum absolute atomic E-state index is 0.0870. The van der Waals surface area contributed by atoms with Crippen molar-refractivity contribution in [2.24, 2.45) is 52.3 Å². The normalized spacial score (nSPS) is 45.6. The summed E-state index contributed by atoms with van der Waals surface area (Å²) in [6, 6.07) is 0. The molecule has 9 atom stereocenters. The second-order valence-corrected chi connectivity index (χ2v) is 12.4. The molecule has 3 fully saturated rings. The molecule has 0 aromatic carbocycles. The molecule has 0 aliphatic heterocycles. The highest BCUT2D eigenvalue weighted by Gasteiger charge is 2.58. The van der Waals surface area contributed by atoms with Crippen LogP contribution in [-0.2, 0) is 0 Å². The molecule has 0 aromatic rings. The number of rotatable bonds is 5. The molecule has 0 unspecified atom stereocenters. The van der Waals surface area contributed by atoms with Crippen LogP contribution in [0.5, 0.6) is 0 Å². The third-order valence-electron chi connectivity index (χ3n) is 10.8. The van der Waals surface area contributed by atoms with E-state index < -0.39 is 0 Å². The molecular weight excluding hydrogens is 364 g/mol. The van der Waals surface area contributed by atoms with Crippen molar-refractivity contribution in [3.8, 4) is 0 Å². The lowest BCUT2D eigenvalue weighted by molar-refractivity contribution is -0.0540. The molecule has 30 heavy (non-hydrogen) atoms. The summed E-state index contributed by atoms with van der Waals surface area (Å²) in [7, 11) is 0. The molecule has 0 spiro atoms. The zero-order chi connectivity index (χ0) is 21.7. The van der Waals surface area contributed by atoms with Crippen LogP contribution in [0.3, 0.4) is 0 Å². The summed E-state index contributed by atoms with van der Waals surface area (Å²) in [6.07, 6.45) is 19.1. The van der Waals surface area contributed by atoms with E-state index in [4.69, 9.17) is 0 Å². The second-order valence-electron chi connectivity index (χ2n) is 12.4. The lowest BCUT2D eigenvalue weighted by atomic mass is 9.47. The number of aliphatic hydroxyl groups excluding tert-OH is 1. The first-order chi connectivity index (χ1) is 14.2. The van der Waals surface area contributed by atoms with Gasteiger partial charge >= 0.3 is 0 Å². The molecule has 1 N–H and O–H groups in total. The van der Waals surface area contributed by atoms with Crippen LogP contribution in [-0.4, -0.2) is 11.2 Å². The molecule has 0 heterocycles. The number of hydrogen-bond acceptors (Lipinski definition) is 1. The summed E-state index contributed by atoms with van der Waals surface area (Å²) < 4.78 is 0. The van der Waals surface area contributed by atoms with E-state index in [-0.39, 0.29) is 6.10 Å². The fourth-order valence-corrected chi connectivity index (χ4v) is 8.83. The first-order valence-electron chi connectivity index (χ1n) is 13.3. The van der Waals surface area contributed by atoms with Gasteiger partial charge in [-0.2, -0.15) is 0 Å². The van der Waals surface area contributed by atoms with Crippen molar-refractivity contribution in [2.45, 2.75) is 105 Å². The Kier molecular flexibility index (Phi) is 6.35. The topological polar surface area (TPSA) is 20.2 Å². The smallest absolute Gasteiger partial charge is 0.0577 e. The Morgan fingerprint density at radius 1 is 1.03 bits per heavy atom. The SMILES string of the molecule is CC[C@H](/C=C\[C@H](C)[C@H]1CC[C@H]2[C@@H]3CC=C4C[C@@H](O)CC[C@]4(C)[C@H]3CC[C@]12C)C(C)C. The van der Waals surface area contributed by atoms with Crippen molar-refractivity contribution in [1.82, 2.24) is 0 Å². The van der Waals surface area contributed by atoms with E-state index >= 15 is 0 Å². The maximum atomic E-state index is 10.2. The standard InChI is InChI=1S/C29H48O/c1-7-21(19(2)3)9-8-20(4)25-12-13-26-24-11-10-22-18-23(30)14-16-28(22,5)27(24)15-17-29(25,26)6/h8-10,19-21,23-27,30H,7,11-18H2,1-6H3/b9-8-/t20-,21+,23-,24-,25+,26-,27-,28-,29+/m0/s1. The summed E-state index contributed by atoms with van der Waals surface area (Å²) in [4.78, 5) is 0. The van der Waals surface area contributed by atoms with Gasteiger partial charge in [0.15, 0.2) is 0 Å². The van der Waals surface area contributed by atoms with Gasteiger partial charge in [0.1, 0.15) is 0 Å². The van der Waals surface area contributed by atoms with Gasteiger partial charge in [-0.1, -0.05) is 65.3 Å². The summed E-state index contributed by atoms with van der Waals surface area (Å²) in [5.41, 5.74) is 2.51. The molecular formula is C29H48O. The van der Waals surface area contributed by atoms with Gasteiger partial charge in [-0.25, -0.2) is 0 Å². The third-order valence-corrected chi connectivity index (χ3v) is 10.8. The fraction of sp³-hybridized carbons (Fsp3) is 0.862.